The van der Waals surface area contributed by atoms with Gasteiger partial charge < -0.3 is 10.2 Å². The highest BCUT2D eigenvalue weighted by molar-refractivity contribution is 5.85. The van der Waals surface area contributed by atoms with Gasteiger partial charge in [-0.05, 0) is 37.9 Å². The van der Waals surface area contributed by atoms with Crippen LogP contribution >= 0.6 is 0 Å². The van der Waals surface area contributed by atoms with Gasteiger partial charge in [0.25, 0.3) is 0 Å². The molecule has 4 rings (SSSR count). The van der Waals surface area contributed by atoms with Crippen LogP contribution in [0.1, 0.15) is 43.6 Å². The highest BCUT2D eigenvalue weighted by Crippen LogP contribution is 2.40. The first-order chi connectivity index (χ1) is 14.7. The second-order valence-corrected chi connectivity index (χ2v) is 8.29. The normalized spacial score (nSPS) is 19.2. The number of nitriles is 1. The summed E-state index contributed by atoms with van der Waals surface area (Å²) in [5.74, 6) is -3.09. The SMILES string of the molecule is CCC1(NC)CCN(c2c(-c3ccccc3)c(C)c(C#N)c3nc(C(C)(F)F)nn23)C1. The molecule has 0 amide bonds. The third kappa shape index (κ3) is 3.43. The van der Waals surface area contributed by atoms with Crippen molar-refractivity contribution in [1.29, 1.82) is 5.26 Å². The highest BCUT2D eigenvalue weighted by atomic mass is 19.3. The summed E-state index contributed by atoms with van der Waals surface area (Å²) in [5, 5.41) is 17.5. The number of fused-ring (bicyclic) bond motifs is 1. The maximum Gasteiger partial charge on any atom is 0.305 e. The van der Waals surface area contributed by atoms with Gasteiger partial charge in [0.1, 0.15) is 17.5 Å². The molecule has 6 nitrogen and oxygen atoms in total. The lowest BCUT2D eigenvalue weighted by Gasteiger charge is -2.29. The number of pyridine rings is 1. The summed E-state index contributed by atoms with van der Waals surface area (Å²) in [6.45, 7) is 6.22. The van der Waals surface area contributed by atoms with Gasteiger partial charge in [0.15, 0.2) is 5.65 Å². The molecule has 0 spiro atoms. The third-order valence-electron chi connectivity index (χ3n) is 6.43. The number of hydrogen-bond acceptors (Lipinski definition) is 5. The average Bonchev–Trinajstić information content (AvgIpc) is 3.39. The molecule has 1 unspecified atom stereocenters. The molecule has 1 atom stereocenters. The van der Waals surface area contributed by atoms with Gasteiger partial charge in [-0.2, -0.15) is 18.6 Å². The third-order valence-corrected chi connectivity index (χ3v) is 6.43. The topological polar surface area (TPSA) is 69.2 Å². The zero-order valence-electron chi connectivity index (χ0n) is 18.2. The largest absolute Gasteiger partial charge is 0.354 e. The van der Waals surface area contributed by atoms with E-state index in [9.17, 15) is 14.0 Å². The first kappa shape index (κ1) is 21.2. The number of nitrogens with one attached hydrogen (secondary N) is 1. The summed E-state index contributed by atoms with van der Waals surface area (Å²) < 4.78 is 29.7. The Hall–Kier alpha value is -3.05. The molecule has 1 aromatic carbocycles. The number of hydrogen-bond donors (Lipinski definition) is 1. The van der Waals surface area contributed by atoms with E-state index in [-0.39, 0.29) is 16.7 Å². The minimum absolute atomic E-state index is 0.0693. The van der Waals surface area contributed by atoms with Crippen LogP contribution in [0.4, 0.5) is 14.6 Å². The van der Waals surface area contributed by atoms with Gasteiger partial charge >= 0.3 is 5.92 Å². The minimum Gasteiger partial charge on any atom is -0.354 e. The van der Waals surface area contributed by atoms with E-state index in [1.807, 2.05) is 44.3 Å². The Kier molecular flexibility index (Phi) is 5.18. The average molecular weight is 424 g/mol. The number of rotatable bonds is 5. The molecule has 1 aliphatic rings. The monoisotopic (exact) mass is 424 g/mol. The molecule has 0 radical (unpaired) electrons. The molecular formula is C23H26F2N6. The number of aromatic nitrogens is 3. The van der Waals surface area contributed by atoms with E-state index in [0.717, 1.165) is 37.4 Å². The second-order valence-electron chi connectivity index (χ2n) is 8.29. The van der Waals surface area contributed by atoms with E-state index in [4.69, 9.17) is 0 Å². The van der Waals surface area contributed by atoms with Gasteiger partial charge in [-0.25, -0.2) is 4.98 Å². The van der Waals surface area contributed by atoms with Gasteiger partial charge in [0.05, 0.1) is 0 Å². The lowest BCUT2D eigenvalue weighted by molar-refractivity contribution is 0.00801. The first-order valence-corrected chi connectivity index (χ1v) is 10.5. The maximum absolute atomic E-state index is 14.1. The number of likely N-dealkylation sites (N-methyl/N-ethyl adjacent to an activating group) is 1. The van der Waals surface area contributed by atoms with E-state index in [1.165, 1.54) is 4.52 Å². The fourth-order valence-corrected chi connectivity index (χ4v) is 4.47. The summed E-state index contributed by atoms with van der Waals surface area (Å²) in [5.41, 5.74) is 2.81. The number of nitrogens with zero attached hydrogens (tertiary/aromatic N) is 5. The van der Waals surface area contributed by atoms with Crippen LogP contribution < -0.4 is 10.2 Å². The van der Waals surface area contributed by atoms with Gasteiger partial charge in [-0.15, -0.1) is 5.10 Å². The van der Waals surface area contributed by atoms with Gasteiger partial charge in [-0.1, -0.05) is 37.3 Å². The van der Waals surface area contributed by atoms with Crippen molar-refractivity contribution >= 4 is 11.5 Å². The Labute approximate surface area is 180 Å². The Morgan fingerprint density at radius 1 is 1.29 bits per heavy atom. The zero-order valence-corrected chi connectivity index (χ0v) is 18.2. The fraction of sp³-hybridized carbons (Fsp3) is 0.435. The predicted octanol–water partition coefficient (Wildman–Crippen LogP) is 4.27. The predicted molar refractivity (Wildman–Crippen MR) is 116 cm³/mol. The van der Waals surface area contributed by atoms with Crippen LogP contribution in [0.3, 0.4) is 0 Å². The summed E-state index contributed by atoms with van der Waals surface area (Å²) in [6.07, 6.45) is 1.86. The maximum atomic E-state index is 14.1. The van der Waals surface area contributed by atoms with Crippen molar-refractivity contribution in [3.63, 3.8) is 0 Å². The van der Waals surface area contributed by atoms with Crippen molar-refractivity contribution in [2.24, 2.45) is 0 Å². The molecule has 2 aromatic heterocycles. The molecule has 0 saturated carbocycles. The van der Waals surface area contributed by atoms with Crippen LogP contribution in [0.5, 0.6) is 0 Å². The molecule has 8 heteroatoms. The van der Waals surface area contributed by atoms with Crippen LogP contribution in [0, 0.1) is 18.3 Å². The van der Waals surface area contributed by atoms with Crippen molar-refractivity contribution in [1.82, 2.24) is 19.9 Å². The van der Waals surface area contributed by atoms with Crippen LogP contribution in [0.15, 0.2) is 30.3 Å². The molecule has 3 heterocycles. The summed E-state index contributed by atoms with van der Waals surface area (Å²) in [4.78, 5) is 6.27. The fourth-order valence-electron chi connectivity index (χ4n) is 4.47. The molecule has 0 aliphatic carbocycles. The summed E-state index contributed by atoms with van der Waals surface area (Å²) >= 11 is 0. The molecule has 162 valence electrons. The number of anilines is 1. The standard InChI is InChI=1S/C23H26F2N6/c1-5-23(27-4)11-12-30(14-23)20-18(16-9-7-6-8-10-16)15(2)17(13-26)19-28-21(22(3,24)25)29-31(19)20/h6-10,27H,5,11-12,14H2,1-4H3. The van der Waals surface area contributed by atoms with Crippen molar-refractivity contribution < 1.29 is 8.78 Å². The molecule has 1 N–H and O–H groups in total. The number of benzene rings is 1. The molecule has 31 heavy (non-hydrogen) atoms. The van der Waals surface area contributed by atoms with Crippen LogP contribution in [0.2, 0.25) is 0 Å². The molecule has 3 aromatic rings. The van der Waals surface area contributed by atoms with Gasteiger partial charge in [0, 0.05) is 31.1 Å². The van der Waals surface area contributed by atoms with E-state index in [2.05, 4.69) is 33.3 Å². The van der Waals surface area contributed by atoms with Gasteiger partial charge in [0.2, 0.25) is 5.82 Å². The molecule has 1 fully saturated rings. The molecule has 1 saturated heterocycles. The van der Waals surface area contributed by atoms with E-state index in [0.29, 0.717) is 17.9 Å². The van der Waals surface area contributed by atoms with Crippen LogP contribution in [-0.4, -0.2) is 40.3 Å². The highest BCUT2D eigenvalue weighted by Gasteiger charge is 2.39. The lowest BCUT2D eigenvalue weighted by Crippen LogP contribution is -2.45. The lowest BCUT2D eigenvalue weighted by atomic mass is 9.95. The number of alkyl halides is 2. The van der Waals surface area contributed by atoms with Crippen molar-refractivity contribution in [2.45, 2.75) is 45.1 Å². The van der Waals surface area contributed by atoms with Gasteiger partial charge in [-0.3, -0.25) is 0 Å². The quantitative estimate of drug-likeness (QED) is 0.663. The Morgan fingerprint density at radius 2 is 2.00 bits per heavy atom. The Morgan fingerprint density at radius 3 is 2.55 bits per heavy atom. The molecular weight excluding hydrogens is 398 g/mol. The number of halogens is 2. The van der Waals surface area contributed by atoms with Crippen molar-refractivity contribution in [3.8, 4) is 17.2 Å². The Bertz CT molecular complexity index is 1150. The van der Waals surface area contributed by atoms with Crippen molar-refractivity contribution in [3.05, 3.63) is 47.3 Å². The summed E-state index contributed by atoms with van der Waals surface area (Å²) in [7, 11) is 1.95. The Balaban J connectivity index is 2.06. The summed E-state index contributed by atoms with van der Waals surface area (Å²) in [6, 6.07) is 11.9. The molecule has 0 bridgehead atoms. The minimum atomic E-state index is -3.21. The van der Waals surface area contributed by atoms with E-state index in [1.54, 1.807) is 0 Å². The second kappa shape index (κ2) is 7.57. The molecule has 1 aliphatic heterocycles. The smallest absolute Gasteiger partial charge is 0.305 e. The zero-order chi connectivity index (χ0) is 22.4. The van der Waals surface area contributed by atoms with Crippen molar-refractivity contribution in [2.75, 3.05) is 25.0 Å². The van der Waals surface area contributed by atoms with Crippen LogP contribution in [-0.2, 0) is 5.92 Å². The first-order valence-electron chi connectivity index (χ1n) is 10.5. The van der Waals surface area contributed by atoms with Crippen LogP contribution in [0.25, 0.3) is 16.8 Å². The van der Waals surface area contributed by atoms with E-state index >= 15 is 0 Å². The van der Waals surface area contributed by atoms with E-state index < -0.39 is 11.7 Å².